The highest BCUT2D eigenvalue weighted by molar-refractivity contribution is 7.09. The van der Waals surface area contributed by atoms with Crippen LogP contribution < -0.4 is 0 Å². The first-order valence-corrected chi connectivity index (χ1v) is 5.80. The van der Waals surface area contributed by atoms with Crippen LogP contribution in [0.25, 0.3) is 0 Å². The summed E-state index contributed by atoms with van der Waals surface area (Å²) in [5.41, 5.74) is 0.651. The zero-order valence-corrected chi connectivity index (χ0v) is 10.5. The average Bonchev–Trinajstić information content (AvgIpc) is 2.65. The fraction of sp³-hybridized carbons (Fsp3) is 0.500. The lowest BCUT2D eigenvalue weighted by Crippen LogP contribution is -2.23. The number of carbonyl (C=O) groups excluding carboxylic acids is 1. The first-order chi connectivity index (χ1) is 7.99. The molecule has 0 saturated heterocycles. The van der Waals surface area contributed by atoms with Crippen LogP contribution >= 0.6 is 11.3 Å². The molecule has 94 valence electrons. The number of ether oxygens (including phenoxy) is 1. The summed E-state index contributed by atoms with van der Waals surface area (Å²) in [4.78, 5) is 27.3. The summed E-state index contributed by atoms with van der Waals surface area (Å²) >= 11 is 1.37. The van der Waals surface area contributed by atoms with Gasteiger partial charge in [-0.2, -0.15) is 0 Å². The van der Waals surface area contributed by atoms with Crippen LogP contribution in [0, 0.1) is 0 Å². The minimum Gasteiger partial charge on any atom is -0.480 e. The minimum absolute atomic E-state index is 0.0163. The summed E-state index contributed by atoms with van der Waals surface area (Å²) in [5, 5.41) is 10.9. The van der Waals surface area contributed by atoms with Crippen LogP contribution in [0.2, 0.25) is 0 Å². The van der Waals surface area contributed by atoms with E-state index >= 15 is 0 Å². The molecule has 0 fully saturated rings. The van der Waals surface area contributed by atoms with Crippen molar-refractivity contribution in [2.24, 2.45) is 0 Å². The van der Waals surface area contributed by atoms with Gasteiger partial charge in [0.25, 0.3) is 0 Å². The predicted octanol–water partition coefficient (Wildman–Crippen LogP) is 0.375. The van der Waals surface area contributed by atoms with Gasteiger partial charge in [-0.1, -0.05) is 0 Å². The van der Waals surface area contributed by atoms with Crippen LogP contribution in [0.4, 0.5) is 0 Å². The average molecular weight is 258 g/mol. The number of likely N-dealkylation sites (N-methyl/N-ethyl adjacent to an activating group) is 1. The van der Waals surface area contributed by atoms with Crippen molar-refractivity contribution in [1.82, 2.24) is 9.88 Å². The zero-order valence-electron chi connectivity index (χ0n) is 9.67. The van der Waals surface area contributed by atoms with E-state index in [9.17, 15) is 9.59 Å². The van der Waals surface area contributed by atoms with E-state index in [1.165, 1.54) is 16.2 Å². The van der Waals surface area contributed by atoms with Gasteiger partial charge in [-0.3, -0.25) is 4.79 Å². The molecule has 0 aromatic carbocycles. The van der Waals surface area contributed by atoms with E-state index in [2.05, 4.69) is 4.98 Å². The van der Waals surface area contributed by atoms with Crippen molar-refractivity contribution in [2.45, 2.75) is 13.0 Å². The van der Waals surface area contributed by atoms with Gasteiger partial charge in [0.05, 0.1) is 18.7 Å². The third kappa shape index (κ3) is 4.92. The molecule has 0 saturated carbocycles. The summed E-state index contributed by atoms with van der Waals surface area (Å²) in [5.74, 6) is -1.03. The lowest BCUT2D eigenvalue weighted by Gasteiger charge is -2.07. The number of thiazole rings is 1. The van der Waals surface area contributed by atoms with E-state index in [4.69, 9.17) is 9.84 Å². The van der Waals surface area contributed by atoms with Crippen LogP contribution in [-0.4, -0.2) is 47.6 Å². The first kappa shape index (κ1) is 13.6. The Labute approximate surface area is 103 Å². The summed E-state index contributed by atoms with van der Waals surface area (Å²) < 4.78 is 4.90. The van der Waals surface area contributed by atoms with Gasteiger partial charge in [-0.15, -0.1) is 11.3 Å². The topological polar surface area (TPSA) is 79.7 Å². The molecule has 1 aromatic rings. The Hall–Kier alpha value is -1.47. The zero-order chi connectivity index (χ0) is 12.8. The number of nitrogens with zero attached hydrogens (tertiary/aromatic N) is 2. The van der Waals surface area contributed by atoms with Gasteiger partial charge in [-0.05, 0) is 0 Å². The van der Waals surface area contributed by atoms with Gasteiger partial charge in [0.1, 0.15) is 11.6 Å². The SMILES string of the molecule is CN(C)C(=O)Cc1nc(COCC(=O)O)cs1. The predicted molar refractivity (Wildman–Crippen MR) is 61.8 cm³/mol. The fourth-order valence-corrected chi connectivity index (χ4v) is 1.80. The van der Waals surface area contributed by atoms with Crippen molar-refractivity contribution in [3.05, 3.63) is 16.1 Å². The molecular formula is C10H14N2O4S. The highest BCUT2D eigenvalue weighted by Gasteiger charge is 2.09. The number of hydrogen-bond donors (Lipinski definition) is 1. The number of aliphatic carboxylic acids is 1. The molecule has 6 nitrogen and oxygen atoms in total. The van der Waals surface area contributed by atoms with Crippen LogP contribution in [0.5, 0.6) is 0 Å². The van der Waals surface area contributed by atoms with Gasteiger partial charge in [0.2, 0.25) is 5.91 Å². The van der Waals surface area contributed by atoms with Crippen LogP contribution in [-0.2, 0) is 27.4 Å². The van der Waals surface area contributed by atoms with Gasteiger partial charge in [0, 0.05) is 19.5 Å². The molecule has 1 amide bonds. The molecule has 1 rings (SSSR count). The molecule has 1 N–H and O–H groups in total. The van der Waals surface area contributed by atoms with Crippen LogP contribution in [0.3, 0.4) is 0 Å². The quantitative estimate of drug-likeness (QED) is 0.797. The van der Waals surface area contributed by atoms with Crippen LogP contribution in [0.1, 0.15) is 10.7 Å². The van der Waals surface area contributed by atoms with E-state index in [-0.39, 0.29) is 25.5 Å². The van der Waals surface area contributed by atoms with E-state index in [0.29, 0.717) is 10.7 Å². The Bertz CT molecular complexity index is 403. The van der Waals surface area contributed by atoms with E-state index in [1.807, 2.05) is 0 Å². The van der Waals surface area contributed by atoms with Crippen molar-refractivity contribution < 1.29 is 19.4 Å². The summed E-state index contributed by atoms with van der Waals surface area (Å²) in [6, 6.07) is 0. The van der Waals surface area contributed by atoms with Crippen molar-refractivity contribution >= 4 is 23.2 Å². The summed E-state index contributed by atoms with van der Waals surface area (Å²) in [7, 11) is 3.37. The van der Waals surface area contributed by atoms with Gasteiger partial charge < -0.3 is 14.7 Å². The Morgan fingerprint density at radius 3 is 2.82 bits per heavy atom. The van der Waals surface area contributed by atoms with Crippen LogP contribution in [0.15, 0.2) is 5.38 Å². The molecule has 0 aliphatic carbocycles. The molecule has 0 bridgehead atoms. The lowest BCUT2D eigenvalue weighted by atomic mass is 10.4. The molecule has 1 aromatic heterocycles. The maximum Gasteiger partial charge on any atom is 0.329 e. The largest absolute Gasteiger partial charge is 0.480 e. The molecule has 1 heterocycles. The molecule has 0 aliphatic rings. The number of amides is 1. The Kier molecular flexibility index (Phi) is 5.05. The summed E-state index contributed by atoms with van der Waals surface area (Å²) in [6.07, 6.45) is 0.261. The highest BCUT2D eigenvalue weighted by atomic mass is 32.1. The van der Waals surface area contributed by atoms with E-state index in [1.54, 1.807) is 19.5 Å². The highest BCUT2D eigenvalue weighted by Crippen LogP contribution is 2.12. The number of carbonyl (C=O) groups is 2. The van der Waals surface area contributed by atoms with Crippen molar-refractivity contribution in [2.75, 3.05) is 20.7 Å². The second kappa shape index (κ2) is 6.31. The molecule has 7 heteroatoms. The smallest absolute Gasteiger partial charge is 0.329 e. The number of rotatable bonds is 6. The van der Waals surface area contributed by atoms with Gasteiger partial charge >= 0.3 is 5.97 Å². The second-order valence-electron chi connectivity index (χ2n) is 3.58. The van der Waals surface area contributed by atoms with E-state index < -0.39 is 5.97 Å². The second-order valence-corrected chi connectivity index (χ2v) is 4.53. The fourth-order valence-electron chi connectivity index (χ4n) is 1.03. The molecular weight excluding hydrogens is 244 g/mol. The third-order valence-electron chi connectivity index (χ3n) is 1.88. The van der Waals surface area contributed by atoms with Crippen molar-refractivity contribution in [1.29, 1.82) is 0 Å². The van der Waals surface area contributed by atoms with E-state index in [0.717, 1.165) is 0 Å². The monoisotopic (exact) mass is 258 g/mol. The van der Waals surface area contributed by atoms with Gasteiger partial charge in [0.15, 0.2) is 0 Å². The standard InChI is InChI=1S/C10H14N2O4S/c1-12(2)9(13)3-8-11-7(6-17-8)4-16-5-10(14)15/h6H,3-5H2,1-2H3,(H,14,15). The normalized spacial score (nSPS) is 10.2. The molecule has 0 spiro atoms. The lowest BCUT2D eigenvalue weighted by molar-refractivity contribution is -0.142. The number of carboxylic acid groups (broad SMARTS) is 1. The maximum absolute atomic E-state index is 11.4. The third-order valence-corrected chi connectivity index (χ3v) is 2.77. The Morgan fingerprint density at radius 2 is 2.24 bits per heavy atom. The molecule has 0 atom stereocenters. The van der Waals surface area contributed by atoms with Crippen molar-refractivity contribution in [3.63, 3.8) is 0 Å². The summed E-state index contributed by atoms with van der Waals surface area (Å²) in [6.45, 7) is -0.192. The Balaban J connectivity index is 2.42. The van der Waals surface area contributed by atoms with Crippen molar-refractivity contribution in [3.8, 4) is 0 Å². The molecule has 17 heavy (non-hydrogen) atoms. The number of aromatic nitrogens is 1. The molecule has 0 unspecified atom stereocenters. The minimum atomic E-state index is -1.01. The number of carboxylic acids is 1. The molecule has 0 radical (unpaired) electrons. The van der Waals surface area contributed by atoms with Gasteiger partial charge in [-0.25, -0.2) is 9.78 Å². The Morgan fingerprint density at radius 1 is 1.53 bits per heavy atom. The first-order valence-electron chi connectivity index (χ1n) is 4.92. The number of hydrogen-bond acceptors (Lipinski definition) is 5. The maximum atomic E-state index is 11.4. The molecule has 0 aliphatic heterocycles.